The number of hydrogen-bond acceptors (Lipinski definition) is 5. The molecule has 9 heteroatoms. The highest BCUT2D eigenvalue weighted by atomic mass is 35.5. The Bertz CT molecular complexity index is 1120. The van der Waals surface area contributed by atoms with Crippen molar-refractivity contribution >= 4 is 17.5 Å². The Morgan fingerprint density at radius 2 is 2.07 bits per heavy atom. The van der Waals surface area contributed by atoms with Crippen LogP contribution < -0.4 is 5.32 Å². The molecule has 1 amide bonds. The Kier molecular flexibility index (Phi) is 4.86. The van der Waals surface area contributed by atoms with E-state index < -0.39 is 0 Å². The Morgan fingerprint density at radius 3 is 2.86 bits per heavy atom. The quantitative estimate of drug-likeness (QED) is 0.563. The van der Waals surface area contributed by atoms with Gasteiger partial charge >= 0.3 is 0 Å². The number of aromatic nitrogens is 6. The van der Waals surface area contributed by atoms with E-state index in [2.05, 4.69) is 25.6 Å². The molecule has 28 heavy (non-hydrogen) atoms. The summed E-state index contributed by atoms with van der Waals surface area (Å²) in [5.74, 6) is 0.418. The first kappa shape index (κ1) is 17.9. The number of pyridine rings is 1. The Balaban J connectivity index is 1.50. The molecule has 4 rings (SSSR count). The second kappa shape index (κ2) is 7.61. The first-order chi connectivity index (χ1) is 13.6. The predicted molar refractivity (Wildman–Crippen MR) is 104 cm³/mol. The number of halogens is 1. The second-order valence-corrected chi connectivity index (χ2v) is 6.47. The largest absolute Gasteiger partial charge is 0.347 e. The van der Waals surface area contributed by atoms with Crippen LogP contribution in [0.3, 0.4) is 0 Å². The Morgan fingerprint density at radius 1 is 1.21 bits per heavy atom. The van der Waals surface area contributed by atoms with Crippen LogP contribution in [0.4, 0.5) is 0 Å². The molecule has 0 radical (unpaired) electrons. The molecule has 140 valence electrons. The van der Waals surface area contributed by atoms with E-state index in [1.165, 1.54) is 0 Å². The van der Waals surface area contributed by atoms with Crippen molar-refractivity contribution in [3.8, 4) is 11.5 Å². The maximum absolute atomic E-state index is 12.6. The maximum Gasteiger partial charge on any atom is 0.274 e. The Labute approximate surface area is 165 Å². The monoisotopic (exact) mass is 393 g/mol. The molecule has 0 spiro atoms. The van der Waals surface area contributed by atoms with Crippen LogP contribution >= 0.6 is 11.6 Å². The fourth-order valence-corrected chi connectivity index (χ4v) is 2.98. The van der Waals surface area contributed by atoms with Gasteiger partial charge in [-0.05, 0) is 36.8 Å². The summed E-state index contributed by atoms with van der Waals surface area (Å²) in [7, 11) is 0. The third-order valence-corrected chi connectivity index (χ3v) is 4.54. The number of carbonyl (C=O) groups excluding carboxylic acids is 1. The van der Waals surface area contributed by atoms with Crippen molar-refractivity contribution in [2.24, 2.45) is 0 Å². The zero-order valence-electron chi connectivity index (χ0n) is 15.0. The summed E-state index contributed by atoms with van der Waals surface area (Å²) >= 11 is 6.22. The first-order valence-electron chi connectivity index (χ1n) is 8.52. The predicted octanol–water partition coefficient (Wildman–Crippen LogP) is 2.74. The standard InChI is InChI=1S/C19H16ClN7O/c1-13-18(24-25-27(13)16-5-3-2-4-15(16)20)19(28)23-11-14-6-7-22-17(10-14)26-9-8-21-12-26/h2-10,12H,11H2,1H3,(H,23,28). The lowest BCUT2D eigenvalue weighted by Gasteiger charge is -2.07. The van der Waals surface area contributed by atoms with E-state index in [-0.39, 0.29) is 11.6 Å². The number of amides is 1. The van der Waals surface area contributed by atoms with Gasteiger partial charge in [0.2, 0.25) is 0 Å². The van der Waals surface area contributed by atoms with E-state index >= 15 is 0 Å². The lowest BCUT2D eigenvalue weighted by Crippen LogP contribution is -2.24. The van der Waals surface area contributed by atoms with Gasteiger partial charge in [-0.3, -0.25) is 9.36 Å². The molecule has 0 aliphatic heterocycles. The topological polar surface area (TPSA) is 90.5 Å². The fourth-order valence-electron chi connectivity index (χ4n) is 2.76. The second-order valence-electron chi connectivity index (χ2n) is 6.06. The summed E-state index contributed by atoms with van der Waals surface area (Å²) in [6, 6.07) is 11.0. The van der Waals surface area contributed by atoms with Crippen molar-refractivity contribution in [1.82, 2.24) is 34.8 Å². The zero-order valence-corrected chi connectivity index (χ0v) is 15.7. The molecular formula is C19H16ClN7O. The number of benzene rings is 1. The molecule has 0 saturated carbocycles. The fraction of sp³-hybridized carbons (Fsp3) is 0.105. The van der Waals surface area contributed by atoms with Crippen LogP contribution in [0.25, 0.3) is 11.5 Å². The lowest BCUT2D eigenvalue weighted by atomic mass is 10.2. The number of para-hydroxylation sites is 1. The molecular weight excluding hydrogens is 378 g/mol. The third-order valence-electron chi connectivity index (χ3n) is 4.22. The van der Waals surface area contributed by atoms with Gasteiger partial charge < -0.3 is 5.32 Å². The van der Waals surface area contributed by atoms with Gasteiger partial charge in [0.1, 0.15) is 12.1 Å². The van der Waals surface area contributed by atoms with Crippen molar-refractivity contribution in [1.29, 1.82) is 0 Å². The molecule has 4 aromatic rings. The van der Waals surface area contributed by atoms with Crippen LogP contribution in [0, 0.1) is 6.92 Å². The molecule has 0 bridgehead atoms. The smallest absolute Gasteiger partial charge is 0.274 e. The summed E-state index contributed by atoms with van der Waals surface area (Å²) in [5, 5.41) is 11.5. The average Bonchev–Trinajstić information content (AvgIpc) is 3.37. The van der Waals surface area contributed by atoms with E-state index in [0.29, 0.717) is 22.9 Å². The van der Waals surface area contributed by atoms with Gasteiger partial charge in [0, 0.05) is 25.1 Å². The molecule has 0 aliphatic carbocycles. The highest BCUT2D eigenvalue weighted by Crippen LogP contribution is 2.21. The van der Waals surface area contributed by atoms with Crippen LogP contribution in [0.1, 0.15) is 21.7 Å². The van der Waals surface area contributed by atoms with E-state index in [9.17, 15) is 4.79 Å². The number of nitrogens with one attached hydrogen (secondary N) is 1. The van der Waals surface area contributed by atoms with Gasteiger partial charge in [0.15, 0.2) is 5.69 Å². The molecule has 0 saturated heterocycles. The van der Waals surface area contributed by atoms with E-state index in [1.807, 2.05) is 30.3 Å². The van der Waals surface area contributed by atoms with Gasteiger partial charge in [0.05, 0.1) is 16.4 Å². The average molecular weight is 394 g/mol. The van der Waals surface area contributed by atoms with Crippen LogP contribution in [-0.2, 0) is 6.54 Å². The highest BCUT2D eigenvalue weighted by molar-refractivity contribution is 6.32. The highest BCUT2D eigenvalue weighted by Gasteiger charge is 2.18. The molecule has 0 aliphatic rings. The summed E-state index contributed by atoms with van der Waals surface area (Å²) in [4.78, 5) is 20.9. The molecule has 8 nitrogen and oxygen atoms in total. The van der Waals surface area contributed by atoms with E-state index in [4.69, 9.17) is 11.6 Å². The van der Waals surface area contributed by atoms with Crippen molar-refractivity contribution in [2.45, 2.75) is 13.5 Å². The minimum absolute atomic E-state index is 0.254. The molecule has 0 atom stereocenters. The zero-order chi connectivity index (χ0) is 19.5. The summed E-state index contributed by atoms with van der Waals surface area (Å²) < 4.78 is 3.35. The molecule has 0 unspecified atom stereocenters. The molecule has 1 N–H and O–H groups in total. The van der Waals surface area contributed by atoms with Gasteiger partial charge in [-0.2, -0.15) is 0 Å². The third kappa shape index (κ3) is 3.49. The Hall–Kier alpha value is -3.52. The first-order valence-corrected chi connectivity index (χ1v) is 8.90. The number of rotatable bonds is 5. The van der Waals surface area contributed by atoms with E-state index in [1.54, 1.807) is 47.2 Å². The summed E-state index contributed by atoms with van der Waals surface area (Å²) in [6.07, 6.45) is 6.85. The minimum Gasteiger partial charge on any atom is -0.347 e. The van der Waals surface area contributed by atoms with Crippen LogP contribution in [0.2, 0.25) is 5.02 Å². The maximum atomic E-state index is 12.6. The van der Waals surface area contributed by atoms with Crippen molar-refractivity contribution < 1.29 is 4.79 Å². The van der Waals surface area contributed by atoms with Crippen LogP contribution in [-0.4, -0.2) is 35.4 Å². The normalized spacial score (nSPS) is 10.8. The summed E-state index contributed by atoms with van der Waals surface area (Å²) in [5.41, 5.74) is 2.44. The van der Waals surface area contributed by atoms with Crippen LogP contribution in [0.15, 0.2) is 61.3 Å². The van der Waals surface area contributed by atoms with Crippen molar-refractivity contribution in [3.05, 3.63) is 83.3 Å². The number of nitrogens with zero attached hydrogens (tertiary/aromatic N) is 6. The van der Waals surface area contributed by atoms with Gasteiger partial charge in [-0.1, -0.05) is 28.9 Å². The number of carbonyl (C=O) groups is 1. The number of hydrogen-bond donors (Lipinski definition) is 1. The molecule has 3 heterocycles. The molecule has 3 aromatic heterocycles. The molecule has 0 fully saturated rings. The van der Waals surface area contributed by atoms with Crippen molar-refractivity contribution in [2.75, 3.05) is 0 Å². The minimum atomic E-state index is -0.309. The van der Waals surface area contributed by atoms with Gasteiger partial charge in [-0.25, -0.2) is 14.6 Å². The number of imidazole rings is 1. The SMILES string of the molecule is Cc1c(C(=O)NCc2ccnc(-n3ccnc3)c2)nnn1-c1ccccc1Cl. The lowest BCUT2D eigenvalue weighted by molar-refractivity contribution is 0.0945. The van der Waals surface area contributed by atoms with Crippen LogP contribution in [0.5, 0.6) is 0 Å². The van der Waals surface area contributed by atoms with Gasteiger partial charge in [-0.15, -0.1) is 5.10 Å². The molecule has 1 aromatic carbocycles. The van der Waals surface area contributed by atoms with Crippen molar-refractivity contribution in [3.63, 3.8) is 0 Å². The summed E-state index contributed by atoms with van der Waals surface area (Å²) in [6.45, 7) is 2.11. The van der Waals surface area contributed by atoms with Gasteiger partial charge in [0.25, 0.3) is 5.91 Å². The van der Waals surface area contributed by atoms with E-state index in [0.717, 1.165) is 11.4 Å².